The topological polar surface area (TPSA) is 121 Å². The Kier molecular flexibility index (Phi) is 4.29. The van der Waals surface area contributed by atoms with Crippen molar-refractivity contribution in [2.24, 2.45) is 0 Å². The second kappa shape index (κ2) is 6.14. The molecule has 0 radical (unpaired) electrons. The molecule has 3 N–H and O–H groups in total. The minimum absolute atomic E-state index is 0.0662. The van der Waals surface area contributed by atoms with Crippen LogP contribution in [0.4, 0.5) is 0 Å². The molecule has 0 aliphatic rings. The fourth-order valence-electron chi connectivity index (χ4n) is 1.72. The molecule has 8 heteroatoms. The van der Waals surface area contributed by atoms with E-state index in [4.69, 9.17) is 10.2 Å². The summed E-state index contributed by atoms with van der Waals surface area (Å²) in [6.45, 7) is -0.0662. The number of nitrogens with zero attached hydrogens (tertiary/aromatic N) is 2. The second-order valence-corrected chi connectivity index (χ2v) is 4.30. The van der Waals surface area contributed by atoms with Crippen LogP contribution in [-0.4, -0.2) is 44.1 Å². The van der Waals surface area contributed by atoms with Gasteiger partial charge in [0, 0.05) is 25.4 Å². The van der Waals surface area contributed by atoms with E-state index in [-0.39, 0.29) is 18.5 Å². The summed E-state index contributed by atoms with van der Waals surface area (Å²) in [7, 11) is 0. The van der Waals surface area contributed by atoms with Crippen molar-refractivity contribution in [3.05, 3.63) is 46.5 Å². The first-order valence-corrected chi connectivity index (χ1v) is 6.16. The van der Waals surface area contributed by atoms with Crippen LogP contribution in [0.25, 0.3) is 5.65 Å². The molecule has 0 spiro atoms. The van der Waals surface area contributed by atoms with E-state index >= 15 is 0 Å². The number of hydrogen-bond donors (Lipinski definition) is 3. The van der Waals surface area contributed by atoms with Crippen LogP contribution < -0.4 is 10.9 Å². The Morgan fingerprint density at radius 3 is 2.86 bits per heavy atom. The third kappa shape index (κ3) is 3.23. The van der Waals surface area contributed by atoms with E-state index in [0.717, 1.165) is 0 Å². The highest BCUT2D eigenvalue weighted by molar-refractivity contribution is 5.93. The molecule has 0 fully saturated rings. The summed E-state index contributed by atoms with van der Waals surface area (Å²) in [5.74, 6) is -2.03. The molecule has 110 valence electrons. The van der Waals surface area contributed by atoms with E-state index in [0.29, 0.717) is 5.65 Å². The number of pyridine rings is 1. The van der Waals surface area contributed by atoms with Crippen LogP contribution in [-0.2, 0) is 4.79 Å². The van der Waals surface area contributed by atoms with E-state index in [2.05, 4.69) is 10.3 Å². The molecular weight excluding hydrogens is 278 g/mol. The predicted molar refractivity (Wildman–Crippen MR) is 72.1 cm³/mol. The van der Waals surface area contributed by atoms with Gasteiger partial charge in [0.1, 0.15) is 11.2 Å². The molecule has 0 aliphatic heterocycles. The number of aliphatic hydroxyl groups excluding tert-OH is 1. The van der Waals surface area contributed by atoms with Crippen molar-refractivity contribution in [3.8, 4) is 0 Å². The fraction of sp³-hybridized carbons (Fsp3) is 0.231. The maximum absolute atomic E-state index is 12.1. The smallest absolute Gasteiger partial charge is 0.332 e. The van der Waals surface area contributed by atoms with E-state index in [1.807, 2.05) is 0 Å². The summed E-state index contributed by atoms with van der Waals surface area (Å²) in [5, 5.41) is 20.0. The maximum atomic E-state index is 12.1. The van der Waals surface area contributed by atoms with Gasteiger partial charge in [-0.15, -0.1) is 0 Å². The molecule has 8 nitrogen and oxygen atoms in total. The van der Waals surface area contributed by atoms with Gasteiger partial charge in [-0.25, -0.2) is 9.78 Å². The molecule has 2 rings (SSSR count). The van der Waals surface area contributed by atoms with Crippen molar-refractivity contribution in [2.45, 2.75) is 12.5 Å². The number of rotatable bonds is 5. The first-order valence-electron chi connectivity index (χ1n) is 6.16. The zero-order valence-electron chi connectivity index (χ0n) is 10.9. The molecule has 0 bridgehead atoms. The summed E-state index contributed by atoms with van der Waals surface area (Å²) in [6, 6.07) is 4.99. The number of carboxylic acids is 1. The first-order chi connectivity index (χ1) is 10.0. The molecule has 2 aromatic rings. The predicted octanol–water partition coefficient (Wildman–Crippen LogP) is -0.740. The first kappa shape index (κ1) is 14.7. The largest absolute Gasteiger partial charge is 0.479 e. The number of hydrogen-bond acceptors (Lipinski definition) is 5. The lowest BCUT2D eigenvalue weighted by atomic mass is 10.2. The minimum Gasteiger partial charge on any atom is -0.479 e. The zero-order chi connectivity index (χ0) is 15.4. The summed E-state index contributed by atoms with van der Waals surface area (Å²) in [5.41, 5.74) is -0.249. The van der Waals surface area contributed by atoms with E-state index in [9.17, 15) is 14.4 Å². The normalized spacial score (nSPS) is 12.0. The maximum Gasteiger partial charge on any atom is 0.332 e. The Morgan fingerprint density at radius 2 is 2.14 bits per heavy atom. The number of carbonyl (C=O) groups excluding carboxylic acids is 1. The van der Waals surface area contributed by atoms with Gasteiger partial charge in [-0.3, -0.25) is 14.0 Å². The highest BCUT2D eigenvalue weighted by atomic mass is 16.4. The molecule has 0 saturated heterocycles. The van der Waals surface area contributed by atoms with Crippen molar-refractivity contribution in [3.63, 3.8) is 0 Å². The minimum atomic E-state index is -1.55. The molecule has 1 atom stereocenters. The quantitative estimate of drug-likeness (QED) is 0.667. The Hall–Kier alpha value is -2.74. The monoisotopic (exact) mass is 291 g/mol. The number of carboxylic acid groups (broad SMARTS) is 1. The van der Waals surface area contributed by atoms with Crippen molar-refractivity contribution in [2.75, 3.05) is 6.54 Å². The van der Waals surface area contributed by atoms with Gasteiger partial charge in [-0.1, -0.05) is 6.07 Å². The molecule has 21 heavy (non-hydrogen) atoms. The lowest BCUT2D eigenvalue weighted by Crippen LogP contribution is -2.34. The van der Waals surface area contributed by atoms with E-state index in [1.54, 1.807) is 18.2 Å². The number of carbonyl (C=O) groups is 2. The molecule has 0 aromatic carbocycles. The zero-order valence-corrected chi connectivity index (χ0v) is 10.9. The van der Waals surface area contributed by atoms with Gasteiger partial charge in [0.2, 0.25) is 0 Å². The Balaban J connectivity index is 2.11. The van der Waals surface area contributed by atoms with Crippen molar-refractivity contribution in [1.29, 1.82) is 0 Å². The fourth-order valence-corrected chi connectivity index (χ4v) is 1.72. The van der Waals surface area contributed by atoms with Crippen LogP contribution in [0, 0.1) is 0 Å². The summed E-state index contributed by atoms with van der Waals surface area (Å²) in [6.07, 6.45) is 0.959. The van der Waals surface area contributed by atoms with Crippen LogP contribution in [0.3, 0.4) is 0 Å². The molecule has 0 aliphatic carbocycles. The van der Waals surface area contributed by atoms with Gasteiger partial charge in [-0.2, -0.15) is 0 Å². The average molecular weight is 291 g/mol. The number of aliphatic hydroxyl groups is 1. The Bertz CT molecular complexity index is 740. The molecule has 0 unspecified atom stereocenters. The third-order valence-electron chi connectivity index (χ3n) is 2.85. The van der Waals surface area contributed by atoms with Crippen LogP contribution >= 0.6 is 0 Å². The van der Waals surface area contributed by atoms with Gasteiger partial charge in [0.05, 0.1) is 0 Å². The molecule has 2 heterocycles. The van der Waals surface area contributed by atoms with Gasteiger partial charge in [-0.05, 0) is 12.1 Å². The number of aromatic nitrogens is 2. The van der Waals surface area contributed by atoms with Gasteiger partial charge >= 0.3 is 5.97 Å². The standard InChI is InChI=1S/C13H13N3O5/c17-9(13(20)21)4-5-14-11(18)8-7-15-10-3-1-2-6-16(10)12(8)19/h1-3,6-7,9,17H,4-5H2,(H,14,18)(H,20,21)/t9-/m0/s1. The SMILES string of the molecule is O=C(NCC[C@H](O)C(=O)O)c1cnc2ccccn2c1=O. The Morgan fingerprint density at radius 1 is 1.38 bits per heavy atom. The Labute approximate surface area is 118 Å². The van der Waals surface area contributed by atoms with Gasteiger partial charge in [0.15, 0.2) is 6.10 Å². The van der Waals surface area contributed by atoms with E-state index < -0.39 is 23.5 Å². The van der Waals surface area contributed by atoms with Crippen molar-refractivity contribution >= 4 is 17.5 Å². The summed E-state index contributed by atoms with van der Waals surface area (Å²) >= 11 is 0. The molecule has 2 aromatic heterocycles. The van der Waals surface area contributed by atoms with Gasteiger partial charge < -0.3 is 15.5 Å². The number of aliphatic carboxylic acids is 1. The number of nitrogens with one attached hydrogen (secondary N) is 1. The third-order valence-corrected chi connectivity index (χ3v) is 2.85. The lowest BCUT2D eigenvalue weighted by Gasteiger charge is -2.07. The average Bonchev–Trinajstić information content (AvgIpc) is 2.47. The van der Waals surface area contributed by atoms with Crippen molar-refractivity contribution < 1.29 is 19.8 Å². The lowest BCUT2D eigenvalue weighted by molar-refractivity contribution is -0.146. The van der Waals surface area contributed by atoms with Crippen molar-refractivity contribution in [1.82, 2.24) is 14.7 Å². The summed E-state index contributed by atoms with van der Waals surface area (Å²) < 4.78 is 1.24. The summed E-state index contributed by atoms with van der Waals surface area (Å²) in [4.78, 5) is 38.4. The van der Waals surface area contributed by atoms with Crippen LogP contribution in [0.5, 0.6) is 0 Å². The highest BCUT2D eigenvalue weighted by Crippen LogP contribution is 1.98. The van der Waals surface area contributed by atoms with E-state index in [1.165, 1.54) is 16.8 Å². The van der Waals surface area contributed by atoms with Crippen LogP contribution in [0.2, 0.25) is 0 Å². The number of amides is 1. The highest BCUT2D eigenvalue weighted by Gasteiger charge is 2.15. The molecule has 0 saturated carbocycles. The van der Waals surface area contributed by atoms with Gasteiger partial charge in [0.25, 0.3) is 11.5 Å². The van der Waals surface area contributed by atoms with Crippen LogP contribution in [0.1, 0.15) is 16.8 Å². The molecular formula is C13H13N3O5. The molecule has 1 amide bonds. The number of fused-ring (bicyclic) bond motifs is 1. The second-order valence-electron chi connectivity index (χ2n) is 4.30. The van der Waals surface area contributed by atoms with Crippen LogP contribution in [0.15, 0.2) is 35.4 Å².